The molecule has 0 spiro atoms. The van der Waals surface area contributed by atoms with Crippen LogP contribution >= 0.6 is 31.9 Å². The van der Waals surface area contributed by atoms with E-state index < -0.39 is 17.3 Å². The zero-order valence-electron chi connectivity index (χ0n) is 6.69. The van der Waals surface area contributed by atoms with Gasteiger partial charge in [0.05, 0.1) is 6.54 Å². The molecule has 7 heteroatoms. The molecule has 0 saturated heterocycles. The van der Waals surface area contributed by atoms with Crippen LogP contribution in [0.2, 0.25) is 0 Å². The average Bonchev–Trinajstić information content (AvgIpc) is 2.46. The molecule has 0 aliphatic carbocycles. The van der Waals surface area contributed by atoms with E-state index >= 15 is 0 Å². The van der Waals surface area contributed by atoms with E-state index in [1.807, 2.05) is 5.32 Å². The molecule has 1 heterocycles. The number of nitrogens with one attached hydrogen (secondary N) is 1. The molecule has 1 aromatic rings. The molecule has 3 nitrogen and oxygen atoms in total. The van der Waals surface area contributed by atoms with Gasteiger partial charge in [-0.25, -0.2) is 0 Å². The van der Waals surface area contributed by atoms with E-state index in [1.54, 1.807) is 0 Å². The van der Waals surface area contributed by atoms with Crippen molar-refractivity contribution >= 4 is 37.8 Å². The summed E-state index contributed by atoms with van der Waals surface area (Å²) < 4.78 is 29.8. The lowest BCUT2D eigenvalue weighted by molar-refractivity contribution is 0.0811. The minimum Gasteiger partial charge on any atom is -0.444 e. The molecule has 1 N–H and O–H groups in total. The van der Waals surface area contributed by atoms with Crippen LogP contribution in [0, 0.1) is 0 Å². The van der Waals surface area contributed by atoms with Crippen LogP contribution in [0.3, 0.4) is 0 Å². The number of amides is 1. The van der Waals surface area contributed by atoms with E-state index in [1.165, 1.54) is 12.1 Å². The normalized spacial score (nSPS) is 11.4. The second-order valence-corrected chi connectivity index (χ2v) is 4.34. The Morgan fingerprint density at radius 2 is 2.21 bits per heavy atom. The molecule has 0 saturated carbocycles. The van der Waals surface area contributed by atoms with Gasteiger partial charge in [0.25, 0.3) is 5.91 Å². The summed E-state index contributed by atoms with van der Waals surface area (Å²) in [6.45, 7) is -0.788. The maximum Gasteiger partial charge on any atom is 0.318 e. The highest BCUT2D eigenvalue weighted by molar-refractivity contribution is 9.10. The van der Waals surface area contributed by atoms with Crippen LogP contribution in [0.5, 0.6) is 0 Å². The molecule has 0 aliphatic rings. The highest BCUT2D eigenvalue weighted by atomic mass is 79.9. The number of rotatable bonds is 3. The Bertz CT molecular complexity index is 335. The van der Waals surface area contributed by atoms with Crippen LogP contribution < -0.4 is 5.32 Å². The van der Waals surface area contributed by atoms with Gasteiger partial charge in [-0.1, -0.05) is 0 Å². The van der Waals surface area contributed by atoms with E-state index in [2.05, 4.69) is 31.9 Å². The Morgan fingerprint density at radius 3 is 2.64 bits per heavy atom. The van der Waals surface area contributed by atoms with E-state index in [9.17, 15) is 13.6 Å². The largest absolute Gasteiger partial charge is 0.444 e. The number of hydrogen-bond acceptors (Lipinski definition) is 2. The molecule has 14 heavy (non-hydrogen) atoms. The fourth-order valence-corrected chi connectivity index (χ4v) is 1.15. The third-order valence-corrected chi connectivity index (χ3v) is 1.95. The lowest BCUT2D eigenvalue weighted by atomic mass is 10.4. The highest BCUT2D eigenvalue weighted by Gasteiger charge is 2.25. The summed E-state index contributed by atoms with van der Waals surface area (Å²) in [6.07, 6.45) is 0. The van der Waals surface area contributed by atoms with Gasteiger partial charge in [-0.15, -0.1) is 0 Å². The van der Waals surface area contributed by atoms with E-state index in [0.29, 0.717) is 4.67 Å². The van der Waals surface area contributed by atoms with Gasteiger partial charge in [0.1, 0.15) is 0 Å². The third-order valence-electron chi connectivity index (χ3n) is 1.25. The van der Waals surface area contributed by atoms with Gasteiger partial charge in [0.15, 0.2) is 10.4 Å². The summed E-state index contributed by atoms with van der Waals surface area (Å²) in [6, 6.07) is 2.88. The predicted octanol–water partition coefficient (Wildman–Crippen LogP) is 2.76. The first-order chi connectivity index (χ1) is 6.38. The lowest BCUT2D eigenvalue weighted by Crippen LogP contribution is -2.32. The molecular weight excluding hydrogens is 328 g/mol. The molecule has 1 aromatic heterocycles. The first-order valence-corrected chi connectivity index (χ1v) is 5.07. The van der Waals surface area contributed by atoms with Crippen molar-refractivity contribution in [3.8, 4) is 0 Å². The Morgan fingerprint density at radius 1 is 1.57 bits per heavy atom. The smallest absolute Gasteiger partial charge is 0.318 e. The molecule has 1 rings (SSSR count). The summed E-state index contributed by atoms with van der Waals surface area (Å²) >= 11 is 5.08. The van der Waals surface area contributed by atoms with Gasteiger partial charge in [-0.2, -0.15) is 8.78 Å². The quantitative estimate of drug-likeness (QED) is 0.865. The fourth-order valence-electron chi connectivity index (χ4n) is 0.704. The Kier molecular flexibility index (Phi) is 3.65. The first kappa shape index (κ1) is 11.6. The van der Waals surface area contributed by atoms with Gasteiger partial charge >= 0.3 is 4.83 Å². The Labute approximate surface area is 95.1 Å². The summed E-state index contributed by atoms with van der Waals surface area (Å²) in [5.41, 5.74) is 0. The second kappa shape index (κ2) is 4.39. The second-order valence-electron chi connectivity index (χ2n) is 2.40. The molecule has 0 aliphatic heterocycles. The number of furan rings is 1. The maximum atomic E-state index is 12.3. The topological polar surface area (TPSA) is 42.2 Å². The standard InChI is InChI=1S/C7H5Br2F2NO2/c8-5-2-1-4(14-5)6(13)12-3-7(9,10)11/h1-2H,3H2,(H,12,13). The van der Waals surface area contributed by atoms with Crippen molar-refractivity contribution in [1.82, 2.24) is 5.32 Å². The van der Waals surface area contributed by atoms with Crippen LogP contribution in [0.4, 0.5) is 8.78 Å². The molecular formula is C7H5Br2F2NO2. The average molecular weight is 333 g/mol. The SMILES string of the molecule is O=C(NCC(F)(F)Br)c1ccc(Br)o1. The predicted molar refractivity (Wildman–Crippen MR) is 52.6 cm³/mol. The molecule has 0 unspecified atom stereocenters. The molecule has 0 fully saturated rings. The number of carbonyl (C=O) groups excluding carboxylic acids is 1. The Balaban J connectivity index is 2.52. The van der Waals surface area contributed by atoms with Crippen molar-refractivity contribution in [3.63, 3.8) is 0 Å². The van der Waals surface area contributed by atoms with Crippen LogP contribution in [0.15, 0.2) is 21.2 Å². The summed E-state index contributed by atoms with van der Waals surface area (Å²) in [5.74, 6) is -0.705. The van der Waals surface area contributed by atoms with Gasteiger partial charge < -0.3 is 9.73 Å². The summed E-state index contributed by atoms with van der Waals surface area (Å²) in [7, 11) is 0. The van der Waals surface area contributed by atoms with Crippen molar-refractivity contribution < 1.29 is 18.0 Å². The molecule has 78 valence electrons. The van der Waals surface area contributed by atoms with Crippen LogP contribution in [0.1, 0.15) is 10.6 Å². The third kappa shape index (κ3) is 3.75. The van der Waals surface area contributed by atoms with Gasteiger partial charge in [-0.3, -0.25) is 4.79 Å². The maximum absolute atomic E-state index is 12.3. The molecule has 1 amide bonds. The molecule has 0 aromatic carbocycles. The lowest BCUT2D eigenvalue weighted by Gasteiger charge is -2.08. The zero-order chi connectivity index (χ0) is 10.8. The van der Waals surface area contributed by atoms with Gasteiger partial charge in [0, 0.05) is 0 Å². The number of hydrogen-bond donors (Lipinski definition) is 1. The minimum absolute atomic E-state index is 0.0198. The number of alkyl halides is 3. The van der Waals surface area contributed by atoms with Crippen molar-refractivity contribution in [1.29, 1.82) is 0 Å². The summed E-state index contributed by atoms with van der Waals surface area (Å²) in [4.78, 5) is 8.02. The van der Waals surface area contributed by atoms with Crippen LogP contribution in [0.25, 0.3) is 0 Å². The van der Waals surface area contributed by atoms with Crippen LogP contribution in [-0.4, -0.2) is 17.3 Å². The number of halogens is 4. The zero-order valence-corrected chi connectivity index (χ0v) is 9.86. The first-order valence-electron chi connectivity index (χ1n) is 3.49. The van der Waals surface area contributed by atoms with Crippen molar-refractivity contribution in [3.05, 3.63) is 22.6 Å². The van der Waals surface area contributed by atoms with E-state index in [0.717, 1.165) is 0 Å². The van der Waals surface area contributed by atoms with Crippen molar-refractivity contribution in [2.45, 2.75) is 4.83 Å². The minimum atomic E-state index is -3.10. The van der Waals surface area contributed by atoms with E-state index in [-0.39, 0.29) is 5.76 Å². The van der Waals surface area contributed by atoms with Gasteiger partial charge in [-0.05, 0) is 44.0 Å². The van der Waals surface area contributed by atoms with Gasteiger partial charge in [0.2, 0.25) is 0 Å². The molecule has 0 bridgehead atoms. The Hall–Kier alpha value is -0.430. The fraction of sp³-hybridized carbons (Fsp3) is 0.286. The highest BCUT2D eigenvalue weighted by Crippen LogP contribution is 2.20. The molecule has 0 radical (unpaired) electrons. The van der Waals surface area contributed by atoms with Crippen molar-refractivity contribution in [2.75, 3.05) is 6.54 Å². The monoisotopic (exact) mass is 331 g/mol. The van der Waals surface area contributed by atoms with E-state index in [4.69, 9.17) is 4.42 Å². The number of carbonyl (C=O) groups is 1. The molecule has 0 atom stereocenters. The van der Waals surface area contributed by atoms with Crippen LogP contribution in [-0.2, 0) is 0 Å². The summed E-state index contributed by atoms with van der Waals surface area (Å²) in [5, 5.41) is 2.00. The van der Waals surface area contributed by atoms with Crippen molar-refractivity contribution in [2.24, 2.45) is 0 Å².